The monoisotopic (exact) mass is 290 g/mol. The van der Waals surface area contributed by atoms with Crippen LogP contribution < -0.4 is 4.74 Å². The molecule has 0 saturated carbocycles. The van der Waals surface area contributed by atoms with E-state index >= 15 is 0 Å². The molecule has 0 aromatic heterocycles. The summed E-state index contributed by atoms with van der Waals surface area (Å²) in [6.45, 7) is 2.69. The second-order valence-electron chi connectivity index (χ2n) is 4.69. The first-order valence-electron chi connectivity index (χ1n) is 6.48. The minimum Gasteiger partial charge on any atom is -0.493 e. The van der Waals surface area contributed by atoms with Crippen LogP contribution in [-0.2, 0) is 23.3 Å². The summed E-state index contributed by atoms with van der Waals surface area (Å²) in [4.78, 5) is 0. The summed E-state index contributed by atoms with van der Waals surface area (Å²) in [6, 6.07) is 15.7. The van der Waals surface area contributed by atoms with E-state index < -0.39 is 11.1 Å². The SMILES string of the molecule is Cc1ccc(CCOc2ccc(CS(=O)O)cc2)cc1. The van der Waals surface area contributed by atoms with E-state index in [4.69, 9.17) is 9.29 Å². The molecule has 0 radical (unpaired) electrons. The molecule has 2 aromatic carbocycles. The minimum absolute atomic E-state index is 0.156. The molecule has 0 fully saturated rings. The van der Waals surface area contributed by atoms with E-state index in [0.717, 1.165) is 17.7 Å². The topological polar surface area (TPSA) is 46.5 Å². The first-order chi connectivity index (χ1) is 9.63. The van der Waals surface area contributed by atoms with Crippen molar-refractivity contribution < 1.29 is 13.5 Å². The zero-order chi connectivity index (χ0) is 14.4. The number of hydrogen-bond acceptors (Lipinski definition) is 2. The van der Waals surface area contributed by atoms with Crippen molar-refractivity contribution in [3.63, 3.8) is 0 Å². The molecule has 4 heteroatoms. The Morgan fingerprint density at radius 2 is 1.60 bits per heavy atom. The summed E-state index contributed by atoms with van der Waals surface area (Å²) < 4.78 is 25.2. The number of rotatable bonds is 6. The van der Waals surface area contributed by atoms with Gasteiger partial charge in [0, 0.05) is 6.42 Å². The van der Waals surface area contributed by atoms with E-state index in [1.807, 2.05) is 24.3 Å². The van der Waals surface area contributed by atoms with Crippen molar-refractivity contribution in [3.05, 3.63) is 65.2 Å². The Labute approximate surface area is 121 Å². The zero-order valence-corrected chi connectivity index (χ0v) is 12.2. The maximum atomic E-state index is 10.7. The van der Waals surface area contributed by atoms with Crippen LogP contribution in [0.15, 0.2) is 48.5 Å². The highest BCUT2D eigenvalue weighted by atomic mass is 32.2. The van der Waals surface area contributed by atoms with Crippen molar-refractivity contribution in [2.45, 2.75) is 19.1 Å². The van der Waals surface area contributed by atoms with E-state index in [-0.39, 0.29) is 5.75 Å². The molecule has 0 aliphatic rings. The van der Waals surface area contributed by atoms with Crippen molar-refractivity contribution in [3.8, 4) is 5.75 Å². The lowest BCUT2D eigenvalue weighted by Gasteiger charge is -2.07. The fourth-order valence-corrected chi connectivity index (χ4v) is 2.34. The van der Waals surface area contributed by atoms with Crippen molar-refractivity contribution in [2.24, 2.45) is 0 Å². The minimum atomic E-state index is -1.80. The van der Waals surface area contributed by atoms with Gasteiger partial charge >= 0.3 is 0 Å². The molecule has 0 amide bonds. The van der Waals surface area contributed by atoms with E-state index in [1.54, 1.807) is 0 Å². The molecule has 0 aliphatic heterocycles. The molecule has 0 bridgehead atoms. The lowest BCUT2D eigenvalue weighted by Crippen LogP contribution is -2.01. The molecule has 106 valence electrons. The standard InChI is InChI=1S/C16H18O3S/c1-13-2-4-14(5-3-13)10-11-19-16-8-6-15(7-9-16)12-20(17)18/h2-9H,10-12H2,1H3,(H,17,18). The molecule has 20 heavy (non-hydrogen) atoms. The number of benzene rings is 2. The third-order valence-corrected chi connectivity index (χ3v) is 3.57. The second-order valence-corrected chi connectivity index (χ2v) is 5.63. The summed E-state index contributed by atoms with van der Waals surface area (Å²) in [5.41, 5.74) is 3.34. The highest BCUT2D eigenvalue weighted by Crippen LogP contribution is 2.14. The van der Waals surface area contributed by atoms with Gasteiger partial charge in [-0.15, -0.1) is 0 Å². The highest BCUT2D eigenvalue weighted by Gasteiger charge is 1.99. The van der Waals surface area contributed by atoms with Crippen LogP contribution in [-0.4, -0.2) is 15.4 Å². The molecular formula is C16H18O3S. The third-order valence-electron chi connectivity index (χ3n) is 2.99. The lowest BCUT2D eigenvalue weighted by molar-refractivity contribution is 0.322. The van der Waals surface area contributed by atoms with Crippen LogP contribution in [0.3, 0.4) is 0 Å². The van der Waals surface area contributed by atoms with Crippen molar-refractivity contribution in [2.75, 3.05) is 6.61 Å². The third kappa shape index (κ3) is 4.79. The molecule has 2 aromatic rings. The Morgan fingerprint density at radius 1 is 1.00 bits per heavy atom. The molecule has 0 spiro atoms. The Kier molecular flexibility index (Phi) is 5.32. The van der Waals surface area contributed by atoms with Crippen LogP contribution in [0.4, 0.5) is 0 Å². The van der Waals surface area contributed by atoms with Gasteiger partial charge in [0.2, 0.25) is 0 Å². The molecule has 1 unspecified atom stereocenters. The van der Waals surface area contributed by atoms with Crippen LogP contribution in [0, 0.1) is 6.92 Å². The largest absolute Gasteiger partial charge is 0.493 e. The van der Waals surface area contributed by atoms with Crippen LogP contribution in [0.1, 0.15) is 16.7 Å². The van der Waals surface area contributed by atoms with Gasteiger partial charge in [-0.3, -0.25) is 0 Å². The Balaban J connectivity index is 1.82. The summed E-state index contributed by atoms with van der Waals surface area (Å²) in [7, 11) is 0. The fraction of sp³-hybridized carbons (Fsp3) is 0.250. The van der Waals surface area contributed by atoms with Gasteiger partial charge in [-0.05, 0) is 30.2 Å². The van der Waals surface area contributed by atoms with Gasteiger partial charge in [-0.25, -0.2) is 4.21 Å². The van der Waals surface area contributed by atoms with Gasteiger partial charge in [0.05, 0.1) is 12.4 Å². The van der Waals surface area contributed by atoms with Gasteiger partial charge in [-0.2, -0.15) is 0 Å². The van der Waals surface area contributed by atoms with Gasteiger partial charge in [0.25, 0.3) is 0 Å². The summed E-state index contributed by atoms with van der Waals surface area (Å²) in [5.74, 6) is 0.938. The molecule has 2 rings (SSSR count). The maximum Gasteiger partial charge on any atom is 0.157 e. The molecule has 3 nitrogen and oxygen atoms in total. The predicted molar refractivity (Wildman–Crippen MR) is 81.3 cm³/mol. The quantitative estimate of drug-likeness (QED) is 0.830. The molecule has 0 heterocycles. The van der Waals surface area contributed by atoms with Crippen molar-refractivity contribution in [1.82, 2.24) is 0 Å². The summed E-state index contributed by atoms with van der Waals surface area (Å²) in [6.07, 6.45) is 0.864. The van der Waals surface area contributed by atoms with E-state index in [1.165, 1.54) is 11.1 Å². The van der Waals surface area contributed by atoms with Crippen LogP contribution in [0.25, 0.3) is 0 Å². The van der Waals surface area contributed by atoms with E-state index in [2.05, 4.69) is 31.2 Å². The molecule has 0 aliphatic carbocycles. The van der Waals surface area contributed by atoms with Crippen molar-refractivity contribution >= 4 is 11.1 Å². The zero-order valence-electron chi connectivity index (χ0n) is 11.4. The Hall–Kier alpha value is -1.65. The first kappa shape index (κ1) is 14.8. The smallest absolute Gasteiger partial charge is 0.157 e. The maximum absolute atomic E-state index is 10.7. The lowest BCUT2D eigenvalue weighted by atomic mass is 10.1. The predicted octanol–water partition coefficient (Wildman–Crippen LogP) is 3.34. The molecular weight excluding hydrogens is 272 g/mol. The molecule has 1 N–H and O–H groups in total. The molecule has 0 saturated heterocycles. The van der Waals surface area contributed by atoms with Gasteiger partial charge < -0.3 is 9.29 Å². The van der Waals surface area contributed by atoms with E-state index in [9.17, 15) is 4.21 Å². The normalized spacial score (nSPS) is 12.1. The second kappa shape index (κ2) is 7.22. The Morgan fingerprint density at radius 3 is 2.20 bits per heavy atom. The average Bonchev–Trinajstić information content (AvgIpc) is 2.42. The van der Waals surface area contributed by atoms with Gasteiger partial charge in [-0.1, -0.05) is 42.0 Å². The summed E-state index contributed by atoms with van der Waals surface area (Å²) >= 11 is -1.80. The van der Waals surface area contributed by atoms with Crippen LogP contribution in [0.5, 0.6) is 5.75 Å². The van der Waals surface area contributed by atoms with Crippen molar-refractivity contribution in [1.29, 1.82) is 0 Å². The Bertz CT molecular complexity index is 561. The fourth-order valence-electron chi connectivity index (χ4n) is 1.87. The highest BCUT2D eigenvalue weighted by molar-refractivity contribution is 7.78. The number of ether oxygens (including phenoxy) is 1. The average molecular weight is 290 g/mol. The van der Waals surface area contributed by atoms with Crippen LogP contribution >= 0.6 is 0 Å². The van der Waals surface area contributed by atoms with E-state index in [0.29, 0.717) is 6.61 Å². The van der Waals surface area contributed by atoms with Gasteiger partial charge in [0.1, 0.15) is 5.75 Å². The van der Waals surface area contributed by atoms with Crippen LogP contribution in [0.2, 0.25) is 0 Å². The number of hydrogen-bond donors (Lipinski definition) is 1. The van der Waals surface area contributed by atoms with Gasteiger partial charge in [0.15, 0.2) is 11.1 Å². The molecule has 1 atom stereocenters. The summed E-state index contributed by atoms with van der Waals surface area (Å²) in [5, 5.41) is 0. The number of aryl methyl sites for hydroxylation is 1. The first-order valence-corrected chi connectivity index (χ1v) is 7.76.